The molecule has 3 N–H and O–H groups in total. The topological polar surface area (TPSA) is 87.0 Å². The van der Waals surface area contributed by atoms with E-state index in [4.69, 9.17) is 9.84 Å². The molecule has 0 amide bonds. The number of ether oxygens (including phenoxy) is 1. The minimum atomic E-state index is -0.852. The summed E-state index contributed by atoms with van der Waals surface area (Å²) in [5.41, 5.74) is 4.59. The largest absolute Gasteiger partial charge is 0.491 e. The average molecular weight is 493 g/mol. The fourth-order valence-electron chi connectivity index (χ4n) is 5.02. The van der Waals surface area contributed by atoms with Gasteiger partial charge in [0.1, 0.15) is 18.0 Å². The zero-order chi connectivity index (χ0) is 26.3. The normalized spacial score (nSPS) is 15.4. The van der Waals surface area contributed by atoms with Gasteiger partial charge in [0.15, 0.2) is 0 Å². The Morgan fingerprint density at radius 3 is 2.25 bits per heavy atom. The summed E-state index contributed by atoms with van der Waals surface area (Å²) < 4.78 is 5.87. The summed E-state index contributed by atoms with van der Waals surface area (Å²) in [5, 5.41) is 29.2. The van der Waals surface area contributed by atoms with Gasteiger partial charge in [-0.3, -0.25) is 4.79 Å². The number of aliphatic hydroxyl groups excluding tert-OH is 1. The maximum absolute atomic E-state index is 10.7. The second-order valence-corrected chi connectivity index (χ2v) is 10.2. The Balaban J connectivity index is 1.78. The van der Waals surface area contributed by atoms with E-state index < -0.39 is 17.7 Å². The quantitative estimate of drug-likeness (QED) is 0.352. The highest BCUT2D eigenvalue weighted by molar-refractivity contribution is 5.66. The Morgan fingerprint density at radius 2 is 1.72 bits per heavy atom. The summed E-state index contributed by atoms with van der Waals surface area (Å²) in [5.74, 6) is 6.15. The van der Waals surface area contributed by atoms with Crippen molar-refractivity contribution in [2.24, 2.45) is 0 Å². The molecule has 1 atom stereocenters. The van der Waals surface area contributed by atoms with Gasteiger partial charge in [0.25, 0.3) is 0 Å². The van der Waals surface area contributed by atoms with Crippen LogP contribution in [0.15, 0.2) is 36.4 Å². The molecule has 2 aromatic carbocycles. The fourth-order valence-corrected chi connectivity index (χ4v) is 5.02. The van der Waals surface area contributed by atoms with Crippen LogP contribution < -0.4 is 4.74 Å². The number of hydrogen-bond donors (Lipinski definition) is 3. The van der Waals surface area contributed by atoms with Gasteiger partial charge in [-0.1, -0.05) is 50.0 Å². The lowest BCUT2D eigenvalue weighted by Gasteiger charge is -2.34. The first-order valence-corrected chi connectivity index (χ1v) is 13.1. The highest BCUT2D eigenvalue weighted by atomic mass is 16.5. The maximum Gasteiger partial charge on any atom is 0.303 e. The van der Waals surface area contributed by atoms with E-state index in [1.807, 2.05) is 13.0 Å². The van der Waals surface area contributed by atoms with Crippen LogP contribution in [0.5, 0.6) is 5.75 Å². The van der Waals surface area contributed by atoms with Crippen molar-refractivity contribution >= 4 is 5.97 Å². The molecule has 36 heavy (non-hydrogen) atoms. The van der Waals surface area contributed by atoms with Crippen LogP contribution in [0.25, 0.3) is 0 Å². The number of carboxylic acid groups (broad SMARTS) is 1. The SMILES string of the molecule is CCC(CC)(c1ccc(C#CC2(O)CCC2)c(C)c1)c1ccc(OC[C@@H](O)CCCC(=O)O)c(C)c1. The molecule has 1 aliphatic carbocycles. The van der Waals surface area contributed by atoms with Crippen LogP contribution in [0.1, 0.15) is 93.0 Å². The monoisotopic (exact) mass is 492 g/mol. The molecule has 1 aliphatic rings. The van der Waals surface area contributed by atoms with Crippen LogP contribution in [-0.4, -0.2) is 39.6 Å². The minimum absolute atomic E-state index is 0.0517. The standard InChI is InChI=1S/C31H40O5/c1-5-31(6-2,25-12-11-24(22(3)19-25)15-18-30(35)16-8-17-30)26-13-14-28(23(4)20-26)36-21-27(32)9-7-10-29(33)34/h11-14,19-20,27,32,35H,5-10,16-17,21H2,1-4H3,(H,33,34)/t27-/m0/s1. The first kappa shape index (κ1) is 27.8. The molecule has 3 rings (SSSR count). The highest BCUT2D eigenvalue weighted by Crippen LogP contribution is 2.41. The molecule has 0 heterocycles. The lowest BCUT2D eigenvalue weighted by atomic mass is 9.70. The van der Waals surface area contributed by atoms with Gasteiger partial charge in [0, 0.05) is 17.4 Å². The van der Waals surface area contributed by atoms with Gasteiger partial charge in [0.2, 0.25) is 0 Å². The molecule has 0 spiro atoms. The first-order valence-electron chi connectivity index (χ1n) is 13.1. The van der Waals surface area contributed by atoms with Crippen molar-refractivity contribution < 1.29 is 24.9 Å². The summed E-state index contributed by atoms with van der Waals surface area (Å²) in [6.07, 6.45) is 4.62. The summed E-state index contributed by atoms with van der Waals surface area (Å²) in [7, 11) is 0. The first-order chi connectivity index (χ1) is 17.1. The maximum atomic E-state index is 10.7. The number of aryl methyl sites for hydroxylation is 2. The van der Waals surface area contributed by atoms with E-state index in [0.717, 1.165) is 54.5 Å². The third-order valence-corrected chi connectivity index (χ3v) is 7.68. The molecule has 0 aliphatic heterocycles. The van der Waals surface area contributed by atoms with Gasteiger partial charge in [-0.2, -0.15) is 0 Å². The number of aliphatic carboxylic acids is 1. The predicted octanol–water partition coefficient (Wildman–Crippen LogP) is 5.67. The van der Waals surface area contributed by atoms with Crippen molar-refractivity contribution in [3.8, 4) is 17.6 Å². The van der Waals surface area contributed by atoms with E-state index in [0.29, 0.717) is 12.8 Å². The number of hydrogen-bond acceptors (Lipinski definition) is 4. The zero-order valence-electron chi connectivity index (χ0n) is 22.1. The molecule has 0 aromatic heterocycles. The average Bonchev–Trinajstić information content (AvgIpc) is 2.82. The third kappa shape index (κ3) is 6.49. The van der Waals surface area contributed by atoms with Crippen LogP contribution in [-0.2, 0) is 10.2 Å². The van der Waals surface area contributed by atoms with Gasteiger partial charge in [-0.25, -0.2) is 0 Å². The summed E-state index contributed by atoms with van der Waals surface area (Å²) in [6.45, 7) is 8.67. The van der Waals surface area contributed by atoms with Gasteiger partial charge in [0.05, 0.1) is 6.10 Å². The van der Waals surface area contributed by atoms with Gasteiger partial charge >= 0.3 is 5.97 Å². The smallest absolute Gasteiger partial charge is 0.303 e. The molecular weight excluding hydrogens is 452 g/mol. The van der Waals surface area contributed by atoms with Crippen molar-refractivity contribution in [2.45, 2.75) is 96.2 Å². The second kappa shape index (κ2) is 12.0. The van der Waals surface area contributed by atoms with E-state index in [1.54, 1.807) is 0 Å². The van der Waals surface area contributed by atoms with E-state index >= 15 is 0 Å². The van der Waals surface area contributed by atoms with Crippen molar-refractivity contribution in [2.75, 3.05) is 6.61 Å². The summed E-state index contributed by atoms with van der Waals surface area (Å²) >= 11 is 0. The van der Waals surface area contributed by atoms with Crippen molar-refractivity contribution in [1.29, 1.82) is 0 Å². The molecule has 0 saturated heterocycles. The Labute approximate surface area is 215 Å². The molecule has 1 fully saturated rings. The van der Waals surface area contributed by atoms with Crippen LogP contribution in [0.2, 0.25) is 0 Å². The number of carboxylic acids is 1. The van der Waals surface area contributed by atoms with Crippen LogP contribution in [0.3, 0.4) is 0 Å². The number of aliphatic hydroxyl groups is 2. The Morgan fingerprint density at radius 1 is 1.08 bits per heavy atom. The van der Waals surface area contributed by atoms with Gasteiger partial charge < -0.3 is 20.1 Å². The lowest BCUT2D eigenvalue weighted by molar-refractivity contribution is -0.137. The van der Waals surface area contributed by atoms with E-state index in [9.17, 15) is 15.0 Å². The Kier molecular flexibility index (Phi) is 9.22. The lowest BCUT2D eigenvalue weighted by Crippen LogP contribution is -2.34. The minimum Gasteiger partial charge on any atom is -0.491 e. The Bertz CT molecular complexity index is 1120. The van der Waals surface area contributed by atoms with Gasteiger partial charge in [-0.15, -0.1) is 0 Å². The molecular formula is C31H40O5. The highest BCUT2D eigenvalue weighted by Gasteiger charge is 2.33. The number of carbonyl (C=O) groups is 1. The van der Waals surface area contributed by atoms with Crippen LogP contribution in [0, 0.1) is 25.7 Å². The van der Waals surface area contributed by atoms with E-state index in [-0.39, 0.29) is 18.4 Å². The van der Waals surface area contributed by atoms with E-state index in [1.165, 1.54) is 11.1 Å². The van der Waals surface area contributed by atoms with Gasteiger partial charge in [-0.05, 0) is 93.2 Å². The number of rotatable bonds is 11. The zero-order valence-corrected chi connectivity index (χ0v) is 22.1. The molecule has 194 valence electrons. The second-order valence-electron chi connectivity index (χ2n) is 10.2. The molecule has 2 aromatic rings. The predicted molar refractivity (Wildman–Crippen MR) is 142 cm³/mol. The number of benzene rings is 2. The van der Waals surface area contributed by atoms with Crippen molar-refractivity contribution in [1.82, 2.24) is 0 Å². The fraction of sp³-hybridized carbons (Fsp3) is 0.516. The molecule has 0 bridgehead atoms. The summed E-state index contributed by atoms with van der Waals surface area (Å²) in [4.78, 5) is 10.7. The van der Waals surface area contributed by atoms with Crippen LogP contribution >= 0.6 is 0 Å². The van der Waals surface area contributed by atoms with Crippen LogP contribution in [0.4, 0.5) is 0 Å². The molecule has 5 nitrogen and oxygen atoms in total. The summed E-state index contributed by atoms with van der Waals surface area (Å²) in [6, 6.07) is 12.7. The third-order valence-electron chi connectivity index (χ3n) is 7.68. The van der Waals surface area contributed by atoms with Crippen molar-refractivity contribution in [3.63, 3.8) is 0 Å². The molecule has 0 unspecified atom stereocenters. The Hall–Kier alpha value is -2.81. The van der Waals surface area contributed by atoms with Crippen molar-refractivity contribution in [3.05, 3.63) is 64.2 Å². The molecule has 0 radical (unpaired) electrons. The van der Waals surface area contributed by atoms with E-state index in [2.05, 4.69) is 62.9 Å². The molecule has 1 saturated carbocycles. The molecule has 5 heteroatoms.